The van der Waals surface area contributed by atoms with Crippen molar-refractivity contribution in [2.24, 2.45) is 0 Å². The number of hydrogen-bond acceptors (Lipinski definition) is 5. The molecule has 0 aromatic heterocycles. The summed E-state index contributed by atoms with van der Waals surface area (Å²) < 4.78 is 5.12. The predicted octanol–water partition coefficient (Wildman–Crippen LogP) is 2.49. The average Bonchev–Trinajstić information content (AvgIpc) is 2.70. The summed E-state index contributed by atoms with van der Waals surface area (Å²) in [6.45, 7) is 4.27. The molecule has 0 fully saturated rings. The van der Waals surface area contributed by atoms with E-state index in [0.29, 0.717) is 18.7 Å². The molecular formula is C21H19NO5. The van der Waals surface area contributed by atoms with Crippen LogP contribution < -0.4 is 0 Å². The highest BCUT2D eigenvalue weighted by atomic mass is 16.5. The van der Waals surface area contributed by atoms with Gasteiger partial charge in [0.2, 0.25) is 0 Å². The van der Waals surface area contributed by atoms with Gasteiger partial charge < -0.3 is 9.64 Å². The van der Waals surface area contributed by atoms with E-state index in [0.717, 1.165) is 0 Å². The third-order valence-electron chi connectivity index (χ3n) is 4.62. The Morgan fingerprint density at radius 2 is 1.44 bits per heavy atom. The van der Waals surface area contributed by atoms with Crippen LogP contribution in [-0.2, 0) is 9.53 Å². The number of nitrogens with zero attached hydrogens (tertiary/aromatic N) is 1. The first-order chi connectivity index (χ1) is 13.0. The normalized spacial score (nSPS) is 12.2. The minimum Gasteiger partial charge on any atom is -0.452 e. The Balaban J connectivity index is 1.91. The quantitative estimate of drug-likeness (QED) is 0.649. The molecule has 1 aliphatic carbocycles. The molecule has 0 heterocycles. The molecule has 2 aromatic rings. The van der Waals surface area contributed by atoms with Gasteiger partial charge in [-0.3, -0.25) is 14.4 Å². The van der Waals surface area contributed by atoms with Crippen molar-refractivity contribution in [3.63, 3.8) is 0 Å². The first-order valence-corrected chi connectivity index (χ1v) is 8.75. The van der Waals surface area contributed by atoms with E-state index in [9.17, 15) is 19.2 Å². The van der Waals surface area contributed by atoms with Gasteiger partial charge in [-0.2, -0.15) is 0 Å². The number of likely N-dealkylation sites (N-methyl/N-ethyl adjacent to an activating group) is 1. The fourth-order valence-corrected chi connectivity index (χ4v) is 3.19. The Kier molecular flexibility index (Phi) is 5.16. The lowest BCUT2D eigenvalue weighted by Gasteiger charge is -2.20. The van der Waals surface area contributed by atoms with Crippen LogP contribution in [0.25, 0.3) is 0 Å². The van der Waals surface area contributed by atoms with Crippen molar-refractivity contribution in [1.29, 1.82) is 0 Å². The first-order valence-electron chi connectivity index (χ1n) is 8.75. The molecule has 6 heteroatoms. The molecule has 0 atom stereocenters. The van der Waals surface area contributed by atoms with Gasteiger partial charge >= 0.3 is 5.97 Å². The van der Waals surface area contributed by atoms with Crippen molar-refractivity contribution in [2.75, 3.05) is 19.7 Å². The Morgan fingerprint density at radius 1 is 0.852 bits per heavy atom. The van der Waals surface area contributed by atoms with Crippen LogP contribution in [0.3, 0.4) is 0 Å². The summed E-state index contributed by atoms with van der Waals surface area (Å²) in [6.07, 6.45) is 0. The van der Waals surface area contributed by atoms with Crippen LogP contribution in [0.4, 0.5) is 0 Å². The number of carbonyl (C=O) groups is 4. The van der Waals surface area contributed by atoms with Gasteiger partial charge in [-0.15, -0.1) is 0 Å². The van der Waals surface area contributed by atoms with Gasteiger partial charge in [0.25, 0.3) is 5.91 Å². The van der Waals surface area contributed by atoms with Crippen molar-refractivity contribution >= 4 is 23.4 Å². The fourth-order valence-electron chi connectivity index (χ4n) is 3.19. The van der Waals surface area contributed by atoms with Crippen LogP contribution in [0, 0.1) is 0 Å². The van der Waals surface area contributed by atoms with Crippen molar-refractivity contribution in [2.45, 2.75) is 13.8 Å². The summed E-state index contributed by atoms with van der Waals surface area (Å²) in [4.78, 5) is 51.7. The molecule has 2 aromatic carbocycles. The first kappa shape index (κ1) is 18.5. The molecule has 3 rings (SSSR count). The highest BCUT2D eigenvalue weighted by molar-refractivity contribution is 6.30. The fraction of sp³-hybridized carbons (Fsp3) is 0.238. The molecule has 0 aliphatic heterocycles. The van der Waals surface area contributed by atoms with Gasteiger partial charge in [-0.25, -0.2) is 4.79 Å². The number of fused-ring (bicyclic) bond motifs is 2. The van der Waals surface area contributed by atoms with Crippen LogP contribution in [0.2, 0.25) is 0 Å². The molecule has 0 saturated carbocycles. The Bertz CT molecular complexity index is 943. The lowest BCUT2D eigenvalue weighted by Crippen LogP contribution is -2.34. The van der Waals surface area contributed by atoms with Crippen LogP contribution in [0.15, 0.2) is 42.5 Å². The number of hydrogen-bond donors (Lipinski definition) is 0. The summed E-state index contributed by atoms with van der Waals surface area (Å²) >= 11 is 0. The van der Waals surface area contributed by atoms with E-state index in [4.69, 9.17) is 4.74 Å². The molecule has 1 amide bonds. The number of amides is 1. The number of rotatable bonds is 5. The maximum absolute atomic E-state index is 12.9. The zero-order valence-electron chi connectivity index (χ0n) is 15.2. The SMILES string of the molecule is CCN(CC)C(=O)COC(=O)c1cccc2c1C(=O)c1ccccc1C2=O. The Labute approximate surface area is 156 Å². The minimum atomic E-state index is -0.798. The maximum Gasteiger partial charge on any atom is 0.339 e. The van der Waals surface area contributed by atoms with Gasteiger partial charge in [0.1, 0.15) is 0 Å². The van der Waals surface area contributed by atoms with E-state index in [1.807, 2.05) is 13.8 Å². The number of carbonyl (C=O) groups excluding carboxylic acids is 4. The summed E-state index contributed by atoms with van der Waals surface area (Å²) in [5.41, 5.74) is 0.768. The van der Waals surface area contributed by atoms with Crippen LogP contribution in [-0.4, -0.2) is 48.0 Å². The predicted molar refractivity (Wildman–Crippen MR) is 98.0 cm³/mol. The number of ketones is 2. The van der Waals surface area contributed by atoms with Crippen molar-refractivity contribution in [3.05, 3.63) is 70.3 Å². The molecular weight excluding hydrogens is 346 g/mol. The van der Waals surface area contributed by atoms with Crippen molar-refractivity contribution in [3.8, 4) is 0 Å². The van der Waals surface area contributed by atoms with Gasteiger partial charge in [0.05, 0.1) is 5.56 Å². The van der Waals surface area contributed by atoms with Crippen molar-refractivity contribution in [1.82, 2.24) is 4.90 Å². The Hall–Kier alpha value is -3.28. The highest BCUT2D eigenvalue weighted by Crippen LogP contribution is 2.29. The lowest BCUT2D eigenvalue weighted by molar-refractivity contribution is -0.134. The molecule has 0 unspecified atom stereocenters. The number of ether oxygens (including phenoxy) is 1. The van der Waals surface area contributed by atoms with E-state index in [1.165, 1.54) is 18.2 Å². The molecule has 138 valence electrons. The highest BCUT2D eigenvalue weighted by Gasteiger charge is 2.33. The van der Waals surface area contributed by atoms with Crippen molar-refractivity contribution < 1.29 is 23.9 Å². The van der Waals surface area contributed by atoms with E-state index in [-0.39, 0.29) is 33.9 Å². The van der Waals surface area contributed by atoms with Gasteiger partial charge in [-0.1, -0.05) is 36.4 Å². The standard InChI is InChI=1S/C21H19NO5/c1-3-22(4-2)17(23)12-27-21(26)16-11-7-10-15-18(16)20(25)14-9-6-5-8-13(14)19(15)24/h5-11H,3-4,12H2,1-2H3. The summed E-state index contributed by atoms with van der Waals surface area (Å²) in [6, 6.07) is 11.0. The monoisotopic (exact) mass is 365 g/mol. The second kappa shape index (κ2) is 7.53. The second-order valence-electron chi connectivity index (χ2n) is 6.07. The molecule has 27 heavy (non-hydrogen) atoms. The minimum absolute atomic E-state index is 0.00676. The van der Waals surface area contributed by atoms with E-state index in [1.54, 1.807) is 29.2 Å². The van der Waals surface area contributed by atoms with Gasteiger partial charge in [0.15, 0.2) is 18.2 Å². The smallest absolute Gasteiger partial charge is 0.339 e. The Morgan fingerprint density at radius 3 is 2.07 bits per heavy atom. The third-order valence-corrected chi connectivity index (χ3v) is 4.62. The van der Waals surface area contributed by atoms with Gasteiger partial charge in [0, 0.05) is 35.3 Å². The van der Waals surface area contributed by atoms with Crippen LogP contribution in [0.5, 0.6) is 0 Å². The van der Waals surface area contributed by atoms with E-state index >= 15 is 0 Å². The second-order valence-corrected chi connectivity index (χ2v) is 6.07. The zero-order chi connectivity index (χ0) is 19.6. The molecule has 6 nitrogen and oxygen atoms in total. The molecule has 0 N–H and O–H groups in total. The molecule has 1 aliphatic rings. The van der Waals surface area contributed by atoms with Crippen LogP contribution >= 0.6 is 0 Å². The summed E-state index contributed by atoms with van der Waals surface area (Å²) in [7, 11) is 0. The summed E-state index contributed by atoms with van der Waals surface area (Å²) in [5, 5.41) is 0. The summed E-state index contributed by atoms with van der Waals surface area (Å²) in [5.74, 6) is -1.82. The molecule has 0 saturated heterocycles. The van der Waals surface area contributed by atoms with Gasteiger partial charge in [-0.05, 0) is 19.9 Å². The average molecular weight is 365 g/mol. The third kappa shape index (κ3) is 3.26. The maximum atomic E-state index is 12.9. The van der Waals surface area contributed by atoms with E-state index < -0.39 is 18.4 Å². The number of esters is 1. The van der Waals surface area contributed by atoms with Crippen LogP contribution in [0.1, 0.15) is 56.0 Å². The van der Waals surface area contributed by atoms with E-state index in [2.05, 4.69) is 0 Å². The molecule has 0 bridgehead atoms. The topological polar surface area (TPSA) is 80.8 Å². The zero-order valence-corrected chi connectivity index (χ0v) is 15.2. The molecule has 0 spiro atoms. The largest absolute Gasteiger partial charge is 0.452 e. The lowest BCUT2D eigenvalue weighted by atomic mass is 9.82. The molecule has 0 radical (unpaired) electrons. The number of benzene rings is 2.